The number of carbonyl (C=O) groups excluding carboxylic acids is 2. The molecule has 6 heteroatoms. The van der Waals surface area contributed by atoms with E-state index >= 15 is 0 Å². The molecule has 0 aromatic carbocycles. The molecule has 116 valence electrons. The minimum Gasteiger partial charge on any atom is -0.342 e. The average molecular weight is 309 g/mol. The van der Waals surface area contributed by atoms with E-state index in [0.717, 1.165) is 37.9 Å². The van der Waals surface area contributed by atoms with Crippen molar-refractivity contribution in [3.63, 3.8) is 0 Å². The summed E-state index contributed by atoms with van der Waals surface area (Å²) in [6.45, 7) is 5.27. The van der Waals surface area contributed by atoms with Gasteiger partial charge in [-0.25, -0.2) is 4.98 Å². The second-order valence-electron chi connectivity index (χ2n) is 5.42. The summed E-state index contributed by atoms with van der Waals surface area (Å²) < 4.78 is 0. The van der Waals surface area contributed by atoms with E-state index < -0.39 is 0 Å². The van der Waals surface area contributed by atoms with Crippen LogP contribution in [0, 0.1) is 5.92 Å². The predicted octanol–water partition coefficient (Wildman–Crippen LogP) is 2.68. The molecule has 1 N–H and O–H groups in total. The predicted molar refractivity (Wildman–Crippen MR) is 84.3 cm³/mol. The Kier molecular flexibility index (Phi) is 5.73. The Morgan fingerprint density at radius 3 is 3.00 bits per heavy atom. The number of nitrogens with zero attached hydrogens (tertiary/aromatic N) is 2. The van der Waals surface area contributed by atoms with Crippen molar-refractivity contribution >= 4 is 28.3 Å². The third kappa shape index (κ3) is 4.27. The van der Waals surface area contributed by atoms with E-state index in [-0.39, 0.29) is 17.7 Å². The molecular formula is C15H23N3O2S. The number of hydrogen-bond acceptors (Lipinski definition) is 4. The maximum Gasteiger partial charge on any atom is 0.231 e. The number of carbonyl (C=O) groups is 2. The van der Waals surface area contributed by atoms with Gasteiger partial charge in [0, 0.05) is 24.9 Å². The highest BCUT2D eigenvalue weighted by Crippen LogP contribution is 2.21. The normalized spacial score (nSPS) is 18.6. The topological polar surface area (TPSA) is 62.3 Å². The van der Waals surface area contributed by atoms with Crippen LogP contribution in [-0.2, 0) is 16.0 Å². The van der Waals surface area contributed by atoms with Crippen LogP contribution in [0.1, 0.15) is 45.2 Å². The number of anilines is 1. The van der Waals surface area contributed by atoms with Crippen LogP contribution in [0.15, 0.2) is 5.38 Å². The lowest BCUT2D eigenvalue weighted by Crippen LogP contribution is -2.43. The highest BCUT2D eigenvalue weighted by Gasteiger charge is 2.28. The van der Waals surface area contributed by atoms with Crippen molar-refractivity contribution < 1.29 is 9.59 Å². The average Bonchev–Trinajstić information content (AvgIpc) is 2.94. The molecule has 21 heavy (non-hydrogen) atoms. The molecule has 2 rings (SSSR count). The zero-order valence-electron chi connectivity index (χ0n) is 12.7. The van der Waals surface area contributed by atoms with Crippen molar-refractivity contribution in [1.82, 2.24) is 9.88 Å². The first kappa shape index (κ1) is 15.9. The van der Waals surface area contributed by atoms with Gasteiger partial charge in [-0.1, -0.05) is 20.3 Å². The lowest BCUT2D eigenvalue weighted by atomic mass is 9.97. The van der Waals surface area contributed by atoms with Gasteiger partial charge in [0.25, 0.3) is 0 Å². The molecule has 1 fully saturated rings. The number of piperidine rings is 1. The summed E-state index contributed by atoms with van der Waals surface area (Å²) in [6, 6.07) is 0. The zero-order valence-corrected chi connectivity index (χ0v) is 13.5. The van der Waals surface area contributed by atoms with Crippen molar-refractivity contribution in [2.24, 2.45) is 5.92 Å². The van der Waals surface area contributed by atoms with Gasteiger partial charge >= 0.3 is 0 Å². The van der Waals surface area contributed by atoms with Gasteiger partial charge < -0.3 is 10.2 Å². The van der Waals surface area contributed by atoms with E-state index in [1.54, 1.807) is 4.90 Å². The summed E-state index contributed by atoms with van der Waals surface area (Å²) in [6.07, 6.45) is 4.22. The van der Waals surface area contributed by atoms with Gasteiger partial charge in [0.2, 0.25) is 11.8 Å². The van der Waals surface area contributed by atoms with Crippen LogP contribution < -0.4 is 5.32 Å². The molecule has 0 radical (unpaired) electrons. The fourth-order valence-corrected chi connectivity index (χ4v) is 3.33. The van der Waals surface area contributed by atoms with Crippen LogP contribution in [0.4, 0.5) is 5.13 Å². The Hall–Kier alpha value is -1.43. The molecule has 1 aliphatic rings. The summed E-state index contributed by atoms with van der Waals surface area (Å²) in [4.78, 5) is 30.3. The van der Waals surface area contributed by atoms with Gasteiger partial charge in [-0.3, -0.25) is 9.59 Å². The Morgan fingerprint density at radius 2 is 2.29 bits per heavy atom. The van der Waals surface area contributed by atoms with Gasteiger partial charge in [0.15, 0.2) is 5.13 Å². The molecule has 1 aromatic heterocycles. The van der Waals surface area contributed by atoms with Crippen molar-refractivity contribution in [2.45, 2.75) is 46.0 Å². The summed E-state index contributed by atoms with van der Waals surface area (Å²) in [7, 11) is 0. The van der Waals surface area contributed by atoms with Gasteiger partial charge in [-0.2, -0.15) is 0 Å². The monoisotopic (exact) mass is 309 g/mol. The van der Waals surface area contributed by atoms with Crippen LogP contribution in [0.2, 0.25) is 0 Å². The first-order valence-electron chi connectivity index (χ1n) is 7.67. The first-order chi connectivity index (χ1) is 10.1. The molecule has 1 aliphatic heterocycles. The molecule has 1 unspecified atom stereocenters. The minimum absolute atomic E-state index is 0.0130. The number of aromatic nitrogens is 1. The fourth-order valence-electron chi connectivity index (χ4n) is 2.58. The Bertz CT molecular complexity index is 501. The summed E-state index contributed by atoms with van der Waals surface area (Å²) in [5.41, 5.74) is 1.03. The molecule has 2 heterocycles. The number of rotatable bonds is 5. The molecule has 1 atom stereocenters. The van der Waals surface area contributed by atoms with E-state index in [1.807, 2.05) is 12.3 Å². The number of likely N-dealkylation sites (tertiary alicyclic amines) is 1. The highest BCUT2D eigenvalue weighted by molar-refractivity contribution is 7.13. The first-order valence-corrected chi connectivity index (χ1v) is 8.55. The van der Waals surface area contributed by atoms with E-state index in [9.17, 15) is 9.59 Å². The molecule has 2 amide bonds. The second-order valence-corrected chi connectivity index (χ2v) is 6.27. The molecule has 1 aromatic rings. The van der Waals surface area contributed by atoms with E-state index in [2.05, 4.69) is 17.2 Å². The Balaban J connectivity index is 1.91. The number of hydrogen-bond donors (Lipinski definition) is 1. The molecule has 0 bridgehead atoms. The third-order valence-electron chi connectivity index (χ3n) is 3.74. The lowest BCUT2D eigenvalue weighted by molar-refractivity contribution is -0.134. The smallest absolute Gasteiger partial charge is 0.231 e. The summed E-state index contributed by atoms with van der Waals surface area (Å²) >= 11 is 1.47. The van der Waals surface area contributed by atoms with Gasteiger partial charge in [-0.15, -0.1) is 11.3 Å². The Morgan fingerprint density at radius 1 is 1.48 bits per heavy atom. The van der Waals surface area contributed by atoms with Crippen LogP contribution in [-0.4, -0.2) is 34.8 Å². The summed E-state index contributed by atoms with van der Waals surface area (Å²) in [5.74, 6) is 0.000701. The lowest BCUT2D eigenvalue weighted by Gasteiger charge is -2.31. The highest BCUT2D eigenvalue weighted by atomic mass is 32.1. The van der Waals surface area contributed by atoms with E-state index in [0.29, 0.717) is 18.1 Å². The molecule has 0 aliphatic carbocycles. The number of amides is 2. The van der Waals surface area contributed by atoms with E-state index in [4.69, 9.17) is 0 Å². The second kappa shape index (κ2) is 7.54. The number of thiazole rings is 1. The third-order valence-corrected chi connectivity index (χ3v) is 4.54. The molecule has 1 saturated heterocycles. The van der Waals surface area contributed by atoms with Crippen molar-refractivity contribution in [1.29, 1.82) is 0 Å². The van der Waals surface area contributed by atoms with Crippen molar-refractivity contribution in [3.8, 4) is 0 Å². The zero-order chi connectivity index (χ0) is 15.2. The van der Waals surface area contributed by atoms with Crippen molar-refractivity contribution in [3.05, 3.63) is 11.1 Å². The van der Waals surface area contributed by atoms with E-state index in [1.165, 1.54) is 11.3 Å². The van der Waals surface area contributed by atoms with Gasteiger partial charge in [0.05, 0.1) is 11.6 Å². The van der Waals surface area contributed by atoms with Crippen LogP contribution in [0.5, 0.6) is 0 Å². The largest absolute Gasteiger partial charge is 0.342 e. The number of nitrogens with one attached hydrogen (secondary N) is 1. The quantitative estimate of drug-likeness (QED) is 0.909. The van der Waals surface area contributed by atoms with Crippen LogP contribution in [0.25, 0.3) is 0 Å². The Labute approximate surface area is 129 Å². The fraction of sp³-hybridized carbons (Fsp3) is 0.667. The van der Waals surface area contributed by atoms with Crippen LogP contribution >= 0.6 is 11.3 Å². The SMILES string of the molecule is CCCc1csc(NC(=O)C2CCCN(C(=O)CC)C2)n1. The molecule has 5 nitrogen and oxygen atoms in total. The molecule has 0 saturated carbocycles. The summed E-state index contributed by atoms with van der Waals surface area (Å²) in [5, 5.41) is 5.56. The molecular weight excluding hydrogens is 286 g/mol. The van der Waals surface area contributed by atoms with Crippen LogP contribution in [0.3, 0.4) is 0 Å². The minimum atomic E-state index is -0.118. The maximum atomic E-state index is 12.3. The molecule has 0 spiro atoms. The number of aryl methyl sites for hydroxylation is 1. The van der Waals surface area contributed by atoms with Gasteiger partial charge in [0.1, 0.15) is 0 Å². The maximum absolute atomic E-state index is 12.3. The standard InChI is InChI=1S/C15H23N3O2S/c1-3-6-12-10-21-15(16-12)17-14(20)11-7-5-8-18(9-11)13(19)4-2/h10-11H,3-9H2,1-2H3,(H,16,17,20). The van der Waals surface area contributed by atoms with Gasteiger partial charge in [-0.05, 0) is 19.3 Å². The van der Waals surface area contributed by atoms with Crippen molar-refractivity contribution in [2.75, 3.05) is 18.4 Å².